The van der Waals surface area contributed by atoms with Crippen molar-refractivity contribution in [2.45, 2.75) is 45.1 Å². The molecule has 1 N–H and O–H groups in total. The smallest absolute Gasteiger partial charge is 0.240 e. The highest BCUT2D eigenvalue weighted by Gasteiger charge is 2.20. The first-order valence-electron chi connectivity index (χ1n) is 8.64. The molecule has 0 atom stereocenters. The Morgan fingerprint density at radius 1 is 1.25 bits per heavy atom. The Morgan fingerprint density at radius 3 is 2.67 bits per heavy atom. The Hall–Kier alpha value is -1.72. The maximum absolute atomic E-state index is 12.3. The van der Waals surface area contributed by atoms with Crippen LogP contribution in [0.4, 0.5) is 5.13 Å². The topological polar surface area (TPSA) is 45.2 Å². The lowest BCUT2D eigenvalue weighted by molar-refractivity contribution is -0.117. The number of carbonyl (C=O) groups excluding carboxylic acids is 1. The first kappa shape index (κ1) is 17.1. The average Bonchev–Trinajstić information content (AvgIpc) is 3.04. The number of aryl methyl sites for hydroxylation is 1. The van der Waals surface area contributed by atoms with Crippen LogP contribution in [0.15, 0.2) is 29.6 Å². The summed E-state index contributed by atoms with van der Waals surface area (Å²) in [5.74, 6) is 0.0212. The molecule has 1 aliphatic rings. The molecule has 1 saturated carbocycles. The minimum Gasteiger partial charge on any atom is -0.301 e. The number of hydrogen-bond donors (Lipinski definition) is 1. The molecule has 1 aromatic heterocycles. The van der Waals surface area contributed by atoms with E-state index in [-0.39, 0.29) is 5.91 Å². The molecule has 128 valence electrons. The fraction of sp³-hybridized carbons (Fsp3) is 0.474. The molecular formula is C19H25N3OS. The normalized spacial score (nSPS) is 15.6. The maximum atomic E-state index is 12.3. The molecule has 1 amide bonds. The number of nitrogens with one attached hydrogen (secondary N) is 1. The number of rotatable bonds is 5. The minimum absolute atomic E-state index is 0.0212. The lowest BCUT2D eigenvalue weighted by Crippen LogP contribution is -2.39. The summed E-state index contributed by atoms with van der Waals surface area (Å²) < 4.78 is 0. The van der Waals surface area contributed by atoms with Crippen molar-refractivity contribution in [2.75, 3.05) is 18.9 Å². The van der Waals surface area contributed by atoms with Gasteiger partial charge in [-0.25, -0.2) is 4.98 Å². The Morgan fingerprint density at radius 2 is 1.96 bits per heavy atom. The van der Waals surface area contributed by atoms with Crippen molar-refractivity contribution in [2.24, 2.45) is 0 Å². The molecule has 0 spiro atoms. The molecule has 0 unspecified atom stereocenters. The Bertz CT molecular complexity index is 674. The highest BCUT2D eigenvalue weighted by molar-refractivity contribution is 7.14. The summed E-state index contributed by atoms with van der Waals surface area (Å²) in [7, 11) is 2.05. The molecule has 0 bridgehead atoms. The van der Waals surface area contributed by atoms with E-state index in [4.69, 9.17) is 0 Å². The van der Waals surface area contributed by atoms with Crippen LogP contribution >= 0.6 is 11.3 Å². The van der Waals surface area contributed by atoms with E-state index in [0.29, 0.717) is 17.7 Å². The van der Waals surface area contributed by atoms with E-state index in [9.17, 15) is 4.79 Å². The molecule has 1 aliphatic carbocycles. The zero-order valence-corrected chi connectivity index (χ0v) is 15.2. The van der Waals surface area contributed by atoms with E-state index in [1.165, 1.54) is 49.0 Å². The zero-order chi connectivity index (χ0) is 16.9. The van der Waals surface area contributed by atoms with Crippen LogP contribution in [0, 0.1) is 6.92 Å². The van der Waals surface area contributed by atoms with Crippen molar-refractivity contribution in [3.05, 3.63) is 35.2 Å². The summed E-state index contributed by atoms with van der Waals surface area (Å²) >= 11 is 1.48. The average molecular weight is 343 g/mol. The fourth-order valence-corrected chi connectivity index (χ4v) is 3.96. The van der Waals surface area contributed by atoms with Crippen LogP contribution in [0.2, 0.25) is 0 Å². The van der Waals surface area contributed by atoms with Gasteiger partial charge in [-0.05, 0) is 26.8 Å². The van der Waals surface area contributed by atoms with Crippen LogP contribution in [0.3, 0.4) is 0 Å². The molecule has 0 saturated heterocycles. The van der Waals surface area contributed by atoms with E-state index in [2.05, 4.69) is 53.4 Å². The van der Waals surface area contributed by atoms with E-state index in [0.717, 1.165) is 11.3 Å². The van der Waals surface area contributed by atoms with E-state index < -0.39 is 0 Å². The SMILES string of the molecule is Cc1ccc(-c2csc(NC(=O)CN(C)C3CCCCC3)n2)cc1. The van der Waals surface area contributed by atoms with Crippen LogP contribution in [-0.4, -0.2) is 35.4 Å². The third-order valence-corrected chi connectivity index (χ3v) is 5.45. The van der Waals surface area contributed by atoms with E-state index in [1.807, 2.05) is 5.38 Å². The minimum atomic E-state index is 0.0212. The third kappa shape index (κ3) is 4.42. The van der Waals surface area contributed by atoms with Gasteiger partial charge >= 0.3 is 0 Å². The largest absolute Gasteiger partial charge is 0.301 e. The van der Waals surface area contributed by atoms with Crippen molar-refractivity contribution >= 4 is 22.4 Å². The summed E-state index contributed by atoms with van der Waals surface area (Å²) in [6, 6.07) is 8.82. The van der Waals surface area contributed by atoms with Gasteiger partial charge in [0, 0.05) is 17.0 Å². The molecule has 1 heterocycles. The van der Waals surface area contributed by atoms with Crippen LogP contribution in [0.1, 0.15) is 37.7 Å². The molecule has 1 aromatic carbocycles. The van der Waals surface area contributed by atoms with Gasteiger partial charge in [0.25, 0.3) is 0 Å². The predicted molar refractivity (Wildman–Crippen MR) is 100 cm³/mol. The van der Waals surface area contributed by atoms with Crippen LogP contribution in [0.5, 0.6) is 0 Å². The monoisotopic (exact) mass is 343 g/mol. The molecule has 0 radical (unpaired) electrons. The van der Waals surface area contributed by atoms with Crippen molar-refractivity contribution in [3.8, 4) is 11.3 Å². The number of nitrogens with zero attached hydrogens (tertiary/aromatic N) is 2. The molecule has 4 nitrogen and oxygen atoms in total. The lowest BCUT2D eigenvalue weighted by atomic mass is 9.94. The standard InChI is InChI=1S/C19H25N3OS/c1-14-8-10-15(11-9-14)17-13-24-19(20-17)21-18(23)12-22(2)16-6-4-3-5-7-16/h8-11,13,16H,3-7,12H2,1-2H3,(H,20,21,23). The molecule has 3 rings (SSSR count). The molecule has 0 aliphatic heterocycles. The molecule has 1 fully saturated rings. The second-order valence-electron chi connectivity index (χ2n) is 6.66. The van der Waals surface area contributed by atoms with E-state index in [1.54, 1.807) is 0 Å². The van der Waals surface area contributed by atoms with Gasteiger partial charge < -0.3 is 5.32 Å². The highest BCUT2D eigenvalue weighted by atomic mass is 32.1. The summed E-state index contributed by atoms with van der Waals surface area (Å²) in [5, 5.41) is 5.61. The summed E-state index contributed by atoms with van der Waals surface area (Å²) in [6.45, 7) is 2.50. The second kappa shape index (κ2) is 7.90. The number of hydrogen-bond acceptors (Lipinski definition) is 4. The van der Waals surface area contributed by atoms with Gasteiger partial charge in [-0.1, -0.05) is 49.1 Å². The van der Waals surface area contributed by atoms with Gasteiger partial charge in [0.2, 0.25) is 5.91 Å². The first-order chi connectivity index (χ1) is 11.6. The van der Waals surface area contributed by atoms with E-state index >= 15 is 0 Å². The Balaban J connectivity index is 1.56. The number of likely N-dealkylation sites (N-methyl/N-ethyl adjacent to an activating group) is 1. The van der Waals surface area contributed by atoms with Gasteiger partial charge in [-0.2, -0.15) is 0 Å². The van der Waals surface area contributed by atoms with Crippen molar-refractivity contribution in [1.29, 1.82) is 0 Å². The zero-order valence-electron chi connectivity index (χ0n) is 14.4. The van der Waals surface area contributed by atoms with Crippen molar-refractivity contribution in [1.82, 2.24) is 9.88 Å². The quantitative estimate of drug-likeness (QED) is 0.879. The van der Waals surface area contributed by atoms with Crippen LogP contribution in [-0.2, 0) is 4.79 Å². The second-order valence-corrected chi connectivity index (χ2v) is 7.52. The van der Waals surface area contributed by atoms with Gasteiger partial charge in [-0.3, -0.25) is 9.69 Å². The summed E-state index contributed by atoms with van der Waals surface area (Å²) in [6.07, 6.45) is 6.31. The Labute approximate surface area is 147 Å². The molecular weight excluding hydrogens is 318 g/mol. The molecule has 2 aromatic rings. The van der Waals surface area contributed by atoms with Gasteiger partial charge in [0.1, 0.15) is 0 Å². The number of amides is 1. The summed E-state index contributed by atoms with van der Waals surface area (Å²) in [5.41, 5.74) is 3.22. The number of thiazole rings is 1. The van der Waals surface area contributed by atoms with Gasteiger partial charge in [0.15, 0.2) is 5.13 Å². The van der Waals surface area contributed by atoms with Crippen LogP contribution in [0.25, 0.3) is 11.3 Å². The number of anilines is 1. The number of benzene rings is 1. The third-order valence-electron chi connectivity index (χ3n) is 4.69. The predicted octanol–water partition coefficient (Wildman–Crippen LogP) is 4.32. The fourth-order valence-electron chi connectivity index (χ4n) is 3.22. The number of carbonyl (C=O) groups is 1. The molecule has 24 heavy (non-hydrogen) atoms. The van der Waals surface area contributed by atoms with Crippen molar-refractivity contribution in [3.63, 3.8) is 0 Å². The van der Waals surface area contributed by atoms with Crippen LogP contribution < -0.4 is 5.32 Å². The molecule has 5 heteroatoms. The van der Waals surface area contributed by atoms with Crippen molar-refractivity contribution < 1.29 is 4.79 Å². The first-order valence-corrected chi connectivity index (χ1v) is 9.52. The summed E-state index contributed by atoms with van der Waals surface area (Å²) in [4.78, 5) is 19.0. The Kier molecular flexibility index (Phi) is 5.63. The highest BCUT2D eigenvalue weighted by Crippen LogP contribution is 2.25. The lowest BCUT2D eigenvalue weighted by Gasteiger charge is -2.30. The van der Waals surface area contributed by atoms with Gasteiger partial charge in [0.05, 0.1) is 12.2 Å². The van der Waals surface area contributed by atoms with Gasteiger partial charge in [-0.15, -0.1) is 11.3 Å². The maximum Gasteiger partial charge on any atom is 0.240 e. The number of aromatic nitrogens is 1.